The van der Waals surface area contributed by atoms with Crippen LogP contribution in [0.2, 0.25) is 0 Å². The lowest BCUT2D eigenvalue weighted by atomic mass is 9.84. The minimum atomic E-state index is -0.740. The van der Waals surface area contributed by atoms with Crippen LogP contribution in [0.15, 0.2) is 4.42 Å². The summed E-state index contributed by atoms with van der Waals surface area (Å²) >= 11 is 3.03. The largest absolute Gasteiger partial charge is 0.421 e. The van der Waals surface area contributed by atoms with E-state index in [1.165, 1.54) is 33.3 Å². The predicted molar refractivity (Wildman–Crippen MR) is 126 cm³/mol. The molecule has 0 aromatic carbocycles. The summed E-state index contributed by atoms with van der Waals surface area (Å²) in [5.74, 6) is 0.363. The third-order valence-corrected chi connectivity index (χ3v) is 8.72. The summed E-state index contributed by atoms with van der Waals surface area (Å²) in [6, 6.07) is -1.00. The number of carbonyl (C=O) groups is 4. The van der Waals surface area contributed by atoms with Crippen LogP contribution in [0.5, 0.6) is 0 Å². The van der Waals surface area contributed by atoms with Gasteiger partial charge in [-0.25, -0.2) is 0 Å². The van der Waals surface area contributed by atoms with Gasteiger partial charge in [-0.2, -0.15) is 0 Å². The molecule has 0 bridgehead atoms. The molecule has 2 atom stereocenters. The zero-order valence-corrected chi connectivity index (χ0v) is 21.7. The van der Waals surface area contributed by atoms with Gasteiger partial charge in [0, 0.05) is 22.3 Å². The van der Waals surface area contributed by atoms with Gasteiger partial charge >= 0.3 is 0 Å². The van der Waals surface area contributed by atoms with E-state index in [2.05, 4.69) is 10.2 Å². The molecule has 3 rings (SSSR count). The van der Waals surface area contributed by atoms with Crippen molar-refractivity contribution < 1.29 is 23.6 Å². The fraction of sp³-hybridized carbons (Fsp3) is 0.727. The molecule has 11 heteroatoms. The van der Waals surface area contributed by atoms with E-state index in [1.807, 2.05) is 13.8 Å². The van der Waals surface area contributed by atoms with Crippen LogP contribution in [0.25, 0.3) is 0 Å². The number of nitrogens with zero attached hydrogens (tertiary/aromatic N) is 4. The highest BCUT2D eigenvalue weighted by atomic mass is 32.2. The van der Waals surface area contributed by atoms with Crippen molar-refractivity contribution in [3.8, 4) is 0 Å². The van der Waals surface area contributed by atoms with E-state index in [9.17, 15) is 19.2 Å². The van der Waals surface area contributed by atoms with E-state index in [0.717, 1.165) is 0 Å². The maximum Gasteiger partial charge on any atom is 0.291 e. The normalized spacial score (nSPS) is 21.5. The Hall–Kier alpha value is -1.88. The van der Waals surface area contributed by atoms with Crippen LogP contribution < -0.4 is 0 Å². The minimum Gasteiger partial charge on any atom is -0.421 e. The second-order valence-electron chi connectivity index (χ2n) is 9.69. The number of hydrogen-bond donors (Lipinski definition) is 0. The van der Waals surface area contributed by atoms with E-state index in [0.29, 0.717) is 36.1 Å². The average molecular weight is 497 g/mol. The van der Waals surface area contributed by atoms with Crippen LogP contribution in [-0.4, -0.2) is 66.6 Å². The Bertz CT molecular complexity index is 872. The van der Waals surface area contributed by atoms with Crippen LogP contribution in [0.3, 0.4) is 0 Å². The van der Waals surface area contributed by atoms with Crippen LogP contribution >= 0.6 is 23.5 Å². The van der Waals surface area contributed by atoms with Crippen molar-refractivity contribution in [2.45, 2.75) is 66.5 Å². The molecular formula is C22H32N4O5S2. The Morgan fingerprint density at radius 2 is 1.18 bits per heavy atom. The number of amides is 2. The van der Waals surface area contributed by atoms with Crippen LogP contribution in [0.1, 0.15) is 78.2 Å². The first-order chi connectivity index (χ1) is 15.4. The second-order valence-corrected chi connectivity index (χ2v) is 11.7. The third kappa shape index (κ3) is 4.99. The number of aromatic nitrogens is 2. The number of ketones is 2. The maximum absolute atomic E-state index is 12.9. The molecule has 0 N–H and O–H groups in total. The number of carbonyl (C=O) groups excluding carboxylic acids is 4. The van der Waals surface area contributed by atoms with Gasteiger partial charge in [0.15, 0.2) is 0 Å². The molecule has 2 amide bonds. The Morgan fingerprint density at radius 1 is 0.818 bits per heavy atom. The third-order valence-electron chi connectivity index (χ3n) is 6.70. The molecule has 0 saturated carbocycles. The Balaban J connectivity index is 1.78. The molecule has 2 aliphatic heterocycles. The Labute approximate surface area is 202 Å². The predicted octanol–water partition coefficient (Wildman–Crippen LogP) is 3.23. The topological polar surface area (TPSA) is 114 Å². The molecule has 0 aliphatic carbocycles. The number of hydrogen-bond acceptors (Lipinski definition) is 9. The molecule has 0 radical (unpaired) electrons. The summed E-state index contributed by atoms with van der Waals surface area (Å²) in [6.45, 7) is 10.8. The summed E-state index contributed by atoms with van der Waals surface area (Å²) in [6.07, 6.45) is 1.12. The molecule has 2 saturated heterocycles. The van der Waals surface area contributed by atoms with Crippen molar-refractivity contribution in [2.75, 3.05) is 23.3 Å². The minimum absolute atomic E-state index is 0.245. The van der Waals surface area contributed by atoms with Crippen LogP contribution in [-0.2, 0) is 19.2 Å². The summed E-state index contributed by atoms with van der Waals surface area (Å²) in [5.41, 5.74) is -1.48. The average Bonchev–Trinajstić information content (AvgIpc) is 3.55. The molecule has 2 aliphatic rings. The molecule has 0 unspecified atom stereocenters. The van der Waals surface area contributed by atoms with Gasteiger partial charge in [0.2, 0.25) is 23.3 Å². The smallest absolute Gasteiger partial charge is 0.291 e. The number of rotatable bonds is 8. The lowest BCUT2D eigenvalue weighted by molar-refractivity contribution is -0.150. The number of thioether (sulfide) groups is 2. The van der Waals surface area contributed by atoms with Crippen molar-refractivity contribution in [1.29, 1.82) is 0 Å². The molecule has 182 valence electrons. The van der Waals surface area contributed by atoms with E-state index in [4.69, 9.17) is 4.42 Å². The van der Waals surface area contributed by atoms with Gasteiger partial charge in [-0.1, -0.05) is 41.5 Å². The fourth-order valence-electron chi connectivity index (χ4n) is 3.37. The molecular weight excluding hydrogens is 464 g/mol. The monoisotopic (exact) mass is 496 g/mol. The summed E-state index contributed by atoms with van der Waals surface area (Å²) in [4.78, 5) is 54.2. The molecule has 0 spiro atoms. The summed E-state index contributed by atoms with van der Waals surface area (Å²) < 4.78 is 5.94. The molecule has 3 heterocycles. The Kier molecular flexibility index (Phi) is 7.62. The van der Waals surface area contributed by atoms with E-state index in [1.54, 1.807) is 27.7 Å². The molecule has 2 fully saturated rings. The molecule has 9 nitrogen and oxygen atoms in total. The highest BCUT2D eigenvalue weighted by Gasteiger charge is 2.44. The number of Topliss-reactive ketones (excluding diaryl/α,β-unsaturated/α-hetero) is 2. The lowest BCUT2D eigenvalue weighted by Crippen LogP contribution is -2.42. The van der Waals surface area contributed by atoms with E-state index >= 15 is 0 Å². The van der Waals surface area contributed by atoms with Gasteiger partial charge in [-0.05, 0) is 12.8 Å². The highest BCUT2D eigenvalue weighted by Crippen LogP contribution is 2.38. The zero-order chi connectivity index (χ0) is 24.6. The van der Waals surface area contributed by atoms with Gasteiger partial charge in [0.1, 0.15) is 12.1 Å². The first kappa shape index (κ1) is 25.7. The first-order valence-electron chi connectivity index (χ1n) is 11.1. The van der Waals surface area contributed by atoms with Gasteiger partial charge in [-0.15, -0.1) is 33.7 Å². The lowest BCUT2D eigenvalue weighted by Gasteiger charge is -2.26. The molecule has 33 heavy (non-hydrogen) atoms. The molecule has 1 aromatic heterocycles. The standard InChI is InChI=1S/C22H32N4O5S2/c1-7-21(3,4)15(27)19(29)25-11-32-9-13(25)17-23-24-18(31-17)14-10-33-12-26(14)20(30)16(28)22(5,6)8-2/h13-14H,7-12H2,1-6H3/t13-,14-/m0/s1. The fourth-order valence-corrected chi connectivity index (χ4v) is 5.66. The Morgan fingerprint density at radius 3 is 1.52 bits per heavy atom. The second kappa shape index (κ2) is 9.77. The van der Waals surface area contributed by atoms with Crippen LogP contribution in [0, 0.1) is 10.8 Å². The van der Waals surface area contributed by atoms with E-state index in [-0.39, 0.29) is 11.8 Å². The van der Waals surface area contributed by atoms with Gasteiger partial charge in [-0.3, -0.25) is 19.2 Å². The summed E-state index contributed by atoms with van der Waals surface area (Å²) in [7, 11) is 0. The summed E-state index contributed by atoms with van der Waals surface area (Å²) in [5, 5.41) is 8.31. The van der Waals surface area contributed by atoms with E-state index < -0.39 is 46.3 Å². The van der Waals surface area contributed by atoms with Gasteiger partial charge in [0.25, 0.3) is 11.8 Å². The zero-order valence-electron chi connectivity index (χ0n) is 20.0. The van der Waals surface area contributed by atoms with Crippen molar-refractivity contribution in [3.05, 3.63) is 11.8 Å². The SMILES string of the molecule is CCC(C)(C)C(=O)C(=O)N1CSC[C@H]1c1nnc([C@@H]2CSCN2C(=O)C(=O)C(C)(C)CC)o1. The van der Waals surface area contributed by atoms with Gasteiger partial charge in [0.05, 0.1) is 11.8 Å². The van der Waals surface area contributed by atoms with Crippen molar-refractivity contribution in [2.24, 2.45) is 10.8 Å². The van der Waals surface area contributed by atoms with Gasteiger partial charge < -0.3 is 14.2 Å². The van der Waals surface area contributed by atoms with Crippen molar-refractivity contribution in [3.63, 3.8) is 0 Å². The molecule has 1 aromatic rings. The van der Waals surface area contributed by atoms with Crippen molar-refractivity contribution in [1.82, 2.24) is 20.0 Å². The first-order valence-corrected chi connectivity index (χ1v) is 13.4. The highest BCUT2D eigenvalue weighted by molar-refractivity contribution is 7.99. The quantitative estimate of drug-likeness (QED) is 0.500. The van der Waals surface area contributed by atoms with Crippen molar-refractivity contribution >= 4 is 46.9 Å². The van der Waals surface area contributed by atoms with Crippen LogP contribution in [0.4, 0.5) is 0 Å². The maximum atomic E-state index is 12.9.